The van der Waals surface area contributed by atoms with Crippen molar-refractivity contribution in [1.82, 2.24) is 9.88 Å². The predicted octanol–water partition coefficient (Wildman–Crippen LogP) is 3.14. The summed E-state index contributed by atoms with van der Waals surface area (Å²) in [6.07, 6.45) is 3.53. The highest BCUT2D eigenvalue weighted by molar-refractivity contribution is 7.22. The number of hydrogen-bond acceptors (Lipinski definition) is 5. The van der Waals surface area contributed by atoms with Crippen LogP contribution in [0, 0.1) is 5.92 Å². The van der Waals surface area contributed by atoms with Gasteiger partial charge in [0.2, 0.25) is 5.91 Å². The molecular weight excluding hydrogens is 322 g/mol. The Kier molecular flexibility index (Phi) is 4.08. The van der Waals surface area contributed by atoms with Crippen molar-refractivity contribution < 1.29 is 9.53 Å². The van der Waals surface area contributed by atoms with Crippen LogP contribution in [0.4, 0.5) is 5.13 Å². The molecule has 0 N–H and O–H groups in total. The highest BCUT2D eigenvalue weighted by Gasteiger charge is 2.38. The van der Waals surface area contributed by atoms with Gasteiger partial charge in [-0.25, -0.2) is 4.98 Å². The zero-order valence-electron chi connectivity index (χ0n) is 14.2. The van der Waals surface area contributed by atoms with Gasteiger partial charge in [-0.05, 0) is 38.3 Å². The largest absolute Gasteiger partial charge is 0.494 e. The molecule has 2 fully saturated rings. The fourth-order valence-electron chi connectivity index (χ4n) is 3.66. The van der Waals surface area contributed by atoms with Crippen LogP contribution in [-0.4, -0.2) is 48.6 Å². The lowest BCUT2D eigenvalue weighted by Crippen LogP contribution is -2.56. The Labute approximate surface area is 146 Å². The number of anilines is 1. The van der Waals surface area contributed by atoms with Gasteiger partial charge < -0.3 is 14.5 Å². The second-order valence-corrected chi connectivity index (χ2v) is 7.79. The molecule has 0 aliphatic carbocycles. The van der Waals surface area contributed by atoms with E-state index in [-0.39, 0.29) is 5.92 Å². The first-order valence-electron chi connectivity index (χ1n) is 8.66. The molecule has 1 aromatic heterocycles. The number of methoxy groups -OCH3 is 1. The van der Waals surface area contributed by atoms with Crippen molar-refractivity contribution in [2.45, 2.75) is 32.2 Å². The topological polar surface area (TPSA) is 45.7 Å². The minimum absolute atomic E-state index is 0.124. The van der Waals surface area contributed by atoms with Crippen molar-refractivity contribution in [2.75, 3.05) is 31.6 Å². The molecule has 2 aromatic rings. The van der Waals surface area contributed by atoms with Gasteiger partial charge in [0.25, 0.3) is 0 Å². The van der Waals surface area contributed by atoms with Crippen LogP contribution in [0.2, 0.25) is 0 Å². The Balaban J connectivity index is 1.45. The number of rotatable bonds is 3. The predicted molar refractivity (Wildman–Crippen MR) is 96.9 cm³/mol. The first kappa shape index (κ1) is 15.7. The Morgan fingerprint density at radius 2 is 2.17 bits per heavy atom. The van der Waals surface area contributed by atoms with Crippen molar-refractivity contribution in [3.8, 4) is 5.75 Å². The van der Waals surface area contributed by atoms with Crippen molar-refractivity contribution in [1.29, 1.82) is 0 Å². The van der Waals surface area contributed by atoms with Crippen LogP contribution < -0.4 is 9.64 Å². The second kappa shape index (κ2) is 6.24. The molecule has 0 bridgehead atoms. The summed E-state index contributed by atoms with van der Waals surface area (Å²) in [7, 11) is 1.67. The van der Waals surface area contributed by atoms with E-state index in [0.29, 0.717) is 11.9 Å². The lowest BCUT2D eigenvalue weighted by atomic mass is 9.95. The molecular formula is C18H23N3O2S. The van der Waals surface area contributed by atoms with Crippen LogP contribution in [0.5, 0.6) is 5.75 Å². The van der Waals surface area contributed by atoms with E-state index in [4.69, 9.17) is 9.72 Å². The fraction of sp³-hybridized carbons (Fsp3) is 0.556. The van der Waals surface area contributed by atoms with Crippen LogP contribution in [0.25, 0.3) is 10.2 Å². The average molecular weight is 345 g/mol. The van der Waals surface area contributed by atoms with Gasteiger partial charge in [-0.1, -0.05) is 17.4 Å². The van der Waals surface area contributed by atoms with E-state index in [0.717, 1.165) is 53.6 Å². The molecule has 2 saturated heterocycles. The van der Waals surface area contributed by atoms with Gasteiger partial charge in [0.05, 0.1) is 17.7 Å². The molecule has 4 rings (SSSR count). The highest BCUT2D eigenvalue weighted by atomic mass is 32.1. The summed E-state index contributed by atoms with van der Waals surface area (Å²) in [6, 6.07) is 6.39. The lowest BCUT2D eigenvalue weighted by molar-refractivity contribution is -0.139. The van der Waals surface area contributed by atoms with Gasteiger partial charge in [0.15, 0.2) is 5.13 Å². The SMILES string of the molecule is COc1cccc2sc(N3CC(C(=O)N4CCCCC4C)C3)nc12. The Bertz CT molecular complexity index is 754. The summed E-state index contributed by atoms with van der Waals surface area (Å²) >= 11 is 1.67. The van der Waals surface area contributed by atoms with Crippen LogP contribution in [0.15, 0.2) is 18.2 Å². The molecule has 24 heavy (non-hydrogen) atoms. The number of nitrogens with zero attached hydrogens (tertiary/aromatic N) is 3. The van der Waals surface area contributed by atoms with Crippen molar-refractivity contribution >= 4 is 32.6 Å². The third-order valence-electron chi connectivity index (χ3n) is 5.18. The summed E-state index contributed by atoms with van der Waals surface area (Å²) in [5.74, 6) is 1.27. The average Bonchev–Trinajstić information content (AvgIpc) is 2.97. The molecule has 2 aliphatic heterocycles. The van der Waals surface area contributed by atoms with E-state index in [9.17, 15) is 4.79 Å². The van der Waals surface area contributed by atoms with Crippen LogP contribution in [0.3, 0.4) is 0 Å². The Morgan fingerprint density at radius 1 is 1.33 bits per heavy atom. The zero-order valence-corrected chi connectivity index (χ0v) is 15.0. The first-order valence-corrected chi connectivity index (χ1v) is 9.48. The smallest absolute Gasteiger partial charge is 0.229 e. The molecule has 1 unspecified atom stereocenters. The van der Waals surface area contributed by atoms with Gasteiger partial charge >= 0.3 is 0 Å². The van der Waals surface area contributed by atoms with Crippen LogP contribution in [-0.2, 0) is 4.79 Å². The standard InChI is InChI=1S/C18H23N3O2S/c1-12-6-3-4-9-21(12)17(22)13-10-20(11-13)18-19-16-14(23-2)7-5-8-15(16)24-18/h5,7-8,12-13H,3-4,6,9-11H2,1-2H3. The molecule has 0 spiro atoms. The minimum atomic E-state index is 0.124. The fourth-order valence-corrected chi connectivity index (χ4v) is 4.66. The molecule has 1 aromatic carbocycles. The maximum absolute atomic E-state index is 12.7. The number of hydrogen-bond donors (Lipinski definition) is 0. The molecule has 5 nitrogen and oxygen atoms in total. The first-order chi connectivity index (χ1) is 11.7. The maximum Gasteiger partial charge on any atom is 0.229 e. The van der Waals surface area contributed by atoms with Gasteiger partial charge in [-0.3, -0.25) is 4.79 Å². The van der Waals surface area contributed by atoms with Crippen molar-refractivity contribution in [3.05, 3.63) is 18.2 Å². The Hall–Kier alpha value is -1.82. The van der Waals surface area contributed by atoms with E-state index >= 15 is 0 Å². The van der Waals surface area contributed by atoms with E-state index in [1.807, 2.05) is 12.1 Å². The van der Waals surface area contributed by atoms with Crippen molar-refractivity contribution in [3.63, 3.8) is 0 Å². The monoisotopic (exact) mass is 345 g/mol. The van der Waals surface area contributed by atoms with Crippen LogP contribution >= 0.6 is 11.3 Å². The summed E-state index contributed by atoms with van der Waals surface area (Å²) in [5.41, 5.74) is 0.916. The number of carbonyl (C=O) groups excluding carboxylic acids is 1. The molecule has 2 aliphatic rings. The second-order valence-electron chi connectivity index (χ2n) is 6.78. The van der Waals surface area contributed by atoms with E-state index in [1.54, 1.807) is 18.4 Å². The highest BCUT2D eigenvalue weighted by Crippen LogP contribution is 2.37. The number of piperidine rings is 1. The van der Waals surface area contributed by atoms with E-state index < -0.39 is 0 Å². The van der Waals surface area contributed by atoms with E-state index in [1.165, 1.54) is 6.42 Å². The van der Waals surface area contributed by atoms with Gasteiger partial charge in [-0.15, -0.1) is 0 Å². The number of carbonyl (C=O) groups is 1. The van der Waals surface area contributed by atoms with Crippen LogP contribution in [0.1, 0.15) is 26.2 Å². The summed E-state index contributed by atoms with van der Waals surface area (Å²) < 4.78 is 6.52. The number of fused-ring (bicyclic) bond motifs is 1. The minimum Gasteiger partial charge on any atom is -0.494 e. The lowest BCUT2D eigenvalue weighted by Gasteiger charge is -2.43. The third kappa shape index (κ3) is 2.62. The van der Waals surface area contributed by atoms with Crippen molar-refractivity contribution in [2.24, 2.45) is 5.92 Å². The molecule has 128 valence electrons. The van der Waals surface area contributed by atoms with Gasteiger partial charge in [0, 0.05) is 25.7 Å². The maximum atomic E-state index is 12.7. The Morgan fingerprint density at radius 3 is 2.92 bits per heavy atom. The molecule has 1 atom stereocenters. The molecule has 0 radical (unpaired) electrons. The third-order valence-corrected chi connectivity index (χ3v) is 6.26. The molecule has 6 heteroatoms. The summed E-state index contributed by atoms with van der Waals surface area (Å²) in [4.78, 5) is 21.7. The molecule has 3 heterocycles. The normalized spacial score (nSPS) is 21.8. The van der Waals surface area contributed by atoms with Gasteiger partial charge in [-0.2, -0.15) is 0 Å². The van der Waals surface area contributed by atoms with Gasteiger partial charge in [0.1, 0.15) is 11.3 Å². The quantitative estimate of drug-likeness (QED) is 0.857. The van der Waals surface area contributed by atoms with E-state index in [2.05, 4.69) is 22.8 Å². The number of thiazole rings is 1. The number of ether oxygens (including phenoxy) is 1. The molecule has 0 saturated carbocycles. The number of likely N-dealkylation sites (tertiary alicyclic amines) is 1. The zero-order chi connectivity index (χ0) is 16.7. The number of para-hydroxylation sites is 1. The molecule has 1 amide bonds. The number of aromatic nitrogens is 1. The number of benzene rings is 1. The summed E-state index contributed by atoms with van der Waals surface area (Å²) in [5, 5.41) is 0.991. The summed E-state index contributed by atoms with van der Waals surface area (Å²) in [6.45, 7) is 4.66. The number of amides is 1.